The molecule has 1 amide bonds. The summed E-state index contributed by atoms with van der Waals surface area (Å²) in [5.74, 6) is 0.477. The van der Waals surface area contributed by atoms with E-state index in [1.165, 1.54) is 0 Å². The van der Waals surface area contributed by atoms with Crippen molar-refractivity contribution < 1.29 is 9.21 Å². The van der Waals surface area contributed by atoms with Crippen LogP contribution in [0.15, 0.2) is 22.8 Å². The van der Waals surface area contributed by atoms with Gasteiger partial charge in [-0.15, -0.1) is 0 Å². The Morgan fingerprint density at radius 3 is 2.60 bits per heavy atom. The predicted molar refractivity (Wildman–Crippen MR) is 57.6 cm³/mol. The highest BCUT2D eigenvalue weighted by Gasteiger charge is 2.28. The molecule has 0 spiro atoms. The number of carbonyl (C=O) groups excluding carboxylic acids is 1. The molecular formula is C12H17NO2. The molecule has 1 saturated heterocycles. The molecule has 82 valence electrons. The lowest BCUT2D eigenvalue weighted by Crippen LogP contribution is -2.40. The van der Waals surface area contributed by atoms with Gasteiger partial charge in [0.1, 0.15) is 0 Å². The van der Waals surface area contributed by atoms with Crippen molar-refractivity contribution in [2.75, 3.05) is 13.1 Å². The number of amides is 1. The standard InChI is InChI=1S/C12H17NO2/c1-12(2)5-7-13(8-6-12)11(14)10-4-3-9-15-10/h3-4,9H,5-8H2,1-2H3. The van der Waals surface area contributed by atoms with E-state index >= 15 is 0 Å². The fraction of sp³-hybridized carbons (Fsp3) is 0.583. The second-order valence-corrected chi connectivity index (χ2v) is 4.93. The Balaban J connectivity index is 2.00. The minimum atomic E-state index is 0.0236. The molecule has 3 nitrogen and oxygen atoms in total. The summed E-state index contributed by atoms with van der Waals surface area (Å²) in [5, 5.41) is 0. The molecule has 2 rings (SSSR count). The molecule has 1 aliphatic heterocycles. The number of rotatable bonds is 1. The molecular weight excluding hydrogens is 190 g/mol. The smallest absolute Gasteiger partial charge is 0.289 e. The Hall–Kier alpha value is -1.25. The molecule has 0 aromatic carbocycles. The van der Waals surface area contributed by atoms with Gasteiger partial charge in [0.05, 0.1) is 6.26 Å². The van der Waals surface area contributed by atoms with Crippen LogP contribution in [0.4, 0.5) is 0 Å². The number of hydrogen-bond donors (Lipinski definition) is 0. The van der Waals surface area contributed by atoms with Crippen molar-refractivity contribution in [3.63, 3.8) is 0 Å². The van der Waals surface area contributed by atoms with Gasteiger partial charge in [0, 0.05) is 13.1 Å². The molecule has 1 fully saturated rings. The normalized spacial score (nSPS) is 20.3. The van der Waals surface area contributed by atoms with Crippen molar-refractivity contribution in [3.05, 3.63) is 24.2 Å². The van der Waals surface area contributed by atoms with Gasteiger partial charge in [-0.2, -0.15) is 0 Å². The van der Waals surface area contributed by atoms with Gasteiger partial charge in [0.2, 0.25) is 0 Å². The fourth-order valence-electron chi connectivity index (χ4n) is 1.87. The maximum absolute atomic E-state index is 11.9. The van der Waals surface area contributed by atoms with Gasteiger partial charge in [-0.3, -0.25) is 4.79 Å². The van der Waals surface area contributed by atoms with Gasteiger partial charge in [0.15, 0.2) is 5.76 Å². The lowest BCUT2D eigenvalue weighted by Gasteiger charge is -2.36. The highest BCUT2D eigenvalue weighted by atomic mass is 16.3. The maximum atomic E-state index is 11.9. The number of likely N-dealkylation sites (tertiary alicyclic amines) is 1. The van der Waals surface area contributed by atoms with Gasteiger partial charge in [0.25, 0.3) is 5.91 Å². The molecule has 1 aromatic heterocycles. The van der Waals surface area contributed by atoms with E-state index in [1.54, 1.807) is 18.4 Å². The summed E-state index contributed by atoms with van der Waals surface area (Å²) < 4.78 is 5.11. The quantitative estimate of drug-likeness (QED) is 0.709. The number of hydrogen-bond acceptors (Lipinski definition) is 2. The third-order valence-corrected chi connectivity index (χ3v) is 3.14. The monoisotopic (exact) mass is 207 g/mol. The van der Waals surface area contributed by atoms with Gasteiger partial charge in [-0.25, -0.2) is 0 Å². The van der Waals surface area contributed by atoms with Gasteiger partial charge >= 0.3 is 0 Å². The summed E-state index contributed by atoms with van der Waals surface area (Å²) in [5.41, 5.74) is 0.375. The Bertz CT molecular complexity index is 331. The van der Waals surface area contributed by atoms with Crippen LogP contribution in [-0.2, 0) is 0 Å². The van der Waals surface area contributed by atoms with Crippen LogP contribution in [0.2, 0.25) is 0 Å². The zero-order valence-corrected chi connectivity index (χ0v) is 9.32. The van der Waals surface area contributed by atoms with E-state index in [1.807, 2.05) is 4.90 Å². The molecule has 1 aromatic rings. The van der Waals surface area contributed by atoms with Crippen LogP contribution in [0.25, 0.3) is 0 Å². The summed E-state index contributed by atoms with van der Waals surface area (Å²) in [6.45, 7) is 6.18. The zero-order valence-electron chi connectivity index (χ0n) is 9.32. The molecule has 1 aliphatic rings. The van der Waals surface area contributed by atoms with Gasteiger partial charge in [-0.1, -0.05) is 13.8 Å². The SMILES string of the molecule is CC1(C)CCN(C(=O)c2ccco2)CC1. The van der Waals surface area contributed by atoms with Crippen LogP contribution >= 0.6 is 0 Å². The molecule has 0 radical (unpaired) electrons. The second kappa shape index (κ2) is 3.72. The van der Waals surface area contributed by atoms with Crippen molar-refractivity contribution in [3.8, 4) is 0 Å². The van der Waals surface area contributed by atoms with E-state index in [0.717, 1.165) is 25.9 Å². The van der Waals surface area contributed by atoms with Crippen LogP contribution < -0.4 is 0 Å². The Kier molecular flexibility index (Phi) is 2.55. The average Bonchev–Trinajstić information content (AvgIpc) is 2.69. The number of piperidine rings is 1. The fourth-order valence-corrected chi connectivity index (χ4v) is 1.87. The molecule has 0 saturated carbocycles. The van der Waals surface area contributed by atoms with Crippen molar-refractivity contribution in [1.29, 1.82) is 0 Å². The topological polar surface area (TPSA) is 33.5 Å². The first kappa shape index (κ1) is 10.3. The minimum absolute atomic E-state index is 0.0236. The number of carbonyl (C=O) groups is 1. The average molecular weight is 207 g/mol. The molecule has 15 heavy (non-hydrogen) atoms. The molecule has 0 bridgehead atoms. The van der Waals surface area contributed by atoms with Crippen molar-refractivity contribution >= 4 is 5.91 Å². The second-order valence-electron chi connectivity index (χ2n) is 4.93. The largest absolute Gasteiger partial charge is 0.459 e. The summed E-state index contributed by atoms with van der Waals surface area (Å²) in [6, 6.07) is 3.48. The third-order valence-electron chi connectivity index (χ3n) is 3.14. The van der Waals surface area contributed by atoms with E-state index in [0.29, 0.717) is 11.2 Å². The number of furan rings is 1. The van der Waals surface area contributed by atoms with Crippen LogP contribution in [0.5, 0.6) is 0 Å². The van der Waals surface area contributed by atoms with E-state index in [-0.39, 0.29) is 5.91 Å². The van der Waals surface area contributed by atoms with Gasteiger partial charge in [-0.05, 0) is 30.4 Å². The van der Waals surface area contributed by atoms with E-state index in [9.17, 15) is 4.79 Å². The number of nitrogens with zero attached hydrogens (tertiary/aromatic N) is 1. The third kappa shape index (κ3) is 2.22. The summed E-state index contributed by atoms with van der Waals surface area (Å²) in [6.07, 6.45) is 3.68. The van der Waals surface area contributed by atoms with Gasteiger partial charge < -0.3 is 9.32 Å². The predicted octanol–water partition coefficient (Wildman–Crippen LogP) is 2.54. The molecule has 2 heterocycles. The molecule has 0 aliphatic carbocycles. The van der Waals surface area contributed by atoms with E-state index in [2.05, 4.69) is 13.8 Å². The summed E-state index contributed by atoms with van der Waals surface area (Å²) >= 11 is 0. The summed E-state index contributed by atoms with van der Waals surface area (Å²) in [7, 11) is 0. The highest BCUT2D eigenvalue weighted by Crippen LogP contribution is 2.30. The van der Waals surface area contributed by atoms with Crippen LogP contribution in [0.1, 0.15) is 37.2 Å². The van der Waals surface area contributed by atoms with Crippen LogP contribution in [0, 0.1) is 5.41 Å². The molecule has 0 N–H and O–H groups in total. The zero-order chi connectivity index (χ0) is 10.9. The first-order valence-electron chi connectivity index (χ1n) is 5.41. The van der Waals surface area contributed by atoms with Crippen LogP contribution in [0.3, 0.4) is 0 Å². The Morgan fingerprint density at radius 2 is 2.07 bits per heavy atom. The Morgan fingerprint density at radius 1 is 1.40 bits per heavy atom. The summed E-state index contributed by atoms with van der Waals surface area (Å²) in [4.78, 5) is 13.8. The lowest BCUT2D eigenvalue weighted by atomic mass is 9.82. The highest BCUT2D eigenvalue weighted by molar-refractivity contribution is 5.91. The van der Waals surface area contributed by atoms with Crippen molar-refractivity contribution in [2.24, 2.45) is 5.41 Å². The molecule has 0 atom stereocenters. The maximum Gasteiger partial charge on any atom is 0.289 e. The first-order chi connectivity index (χ1) is 7.08. The van der Waals surface area contributed by atoms with E-state index < -0.39 is 0 Å². The van der Waals surface area contributed by atoms with Crippen molar-refractivity contribution in [1.82, 2.24) is 4.90 Å². The lowest BCUT2D eigenvalue weighted by molar-refractivity contribution is 0.0599. The first-order valence-corrected chi connectivity index (χ1v) is 5.41. The van der Waals surface area contributed by atoms with Crippen LogP contribution in [-0.4, -0.2) is 23.9 Å². The molecule has 3 heteroatoms. The minimum Gasteiger partial charge on any atom is -0.459 e. The van der Waals surface area contributed by atoms with E-state index in [4.69, 9.17) is 4.42 Å². The molecule has 0 unspecified atom stereocenters. The van der Waals surface area contributed by atoms with Crippen molar-refractivity contribution in [2.45, 2.75) is 26.7 Å². The Labute approximate surface area is 90.1 Å².